The summed E-state index contributed by atoms with van der Waals surface area (Å²) in [6.45, 7) is 2.60. The van der Waals surface area contributed by atoms with Gasteiger partial charge in [0.2, 0.25) is 16.9 Å². The molecule has 4 rings (SSSR count). The first-order valence-corrected chi connectivity index (χ1v) is 9.33. The molecule has 1 amide bonds. The molecule has 0 spiro atoms. The molecule has 0 bridgehead atoms. The van der Waals surface area contributed by atoms with Crippen molar-refractivity contribution in [3.05, 3.63) is 48.2 Å². The summed E-state index contributed by atoms with van der Waals surface area (Å²) in [5.74, 6) is 7.10. The van der Waals surface area contributed by atoms with Gasteiger partial charge in [0.15, 0.2) is 5.76 Å². The number of benzene rings is 1. The lowest BCUT2D eigenvalue weighted by Gasteiger charge is -2.31. The van der Waals surface area contributed by atoms with Crippen molar-refractivity contribution in [2.45, 2.75) is 30.2 Å². The van der Waals surface area contributed by atoms with Gasteiger partial charge in [0.1, 0.15) is 0 Å². The van der Waals surface area contributed by atoms with Crippen LogP contribution in [0.2, 0.25) is 0 Å². The molecule has 0 saturated carbocycles. The normalized spacial score (nSPS) is 14.9. The van der Waals surface area contributed by atoms with Crippen LogP contribution in [0, 0.1) is 0 Å². The Morgan fingerprint density at radius 3 is 2.92 bits per heavy atom. The van der Waals surface area contributed by atoms with E-state index in [0.29, 0.717) is 16.7 Å². The molecule has 0 radical (unpaired) electrons. The number of carbonyl (C=O) groups excluding carboxylic acids is 1. The average molecular weight is 369 g/mol. The molecular weight excluding hydrogens is 350 g/mol. The van der Waals surface area contributed by atoms with Gasteiger partial charge in [0.25, 0.3) is 0 Å². The van der Waals surface area contributed by atoms with Gasteiger partial charge >= 0.3 is 0 Å². The Kier molecular flexibility index (Phi) is 4.42. The third kappa shape index (κ3) is 2.96. The van der Waals surface area contributed by atoms with E-state index in [1.165, 1.54) is 22.0 Å². The van der Waals surface area contributed by atoms with E-state index < -0.39 is 0 Å². The molecule has 3 heterocycles. The zero-order valence-electron chi connectivity index (χ0n) is 14.3. The summed E-state index contributed by atoms with van der Waals surface area (Å²) in [5, 5.41) is 8.31. The number of nitrogens with zero attached hydrogens (tertiary/aromatic N) is 4. The molecule has 7 nitrogen and oxygen atoms in total. The van der Waals surface area contributed by atoms with E-state index >= 15 is 0 Å². The van der Waals surface area contributed by atoms with Crippen molar-refractivity contribution in [1.82, 2.24) is 14.9 Å². The first kappa shape index (κ1) is 16.7. The Labute approximate surface area is 155 Å². The second-order valence-corrected chi connectivity index (χ2v) is 7.44. The van der Waals surface area contributed by atoms with Crippen molar-refractivity contribution in [1.29, 1.82) is 0 Å². The largest absolute Gasteiger partial charge is 0.461 e. The fourth-order valence-electron chi connectivity index (χ4n) is 3.12. The number of amides is 1. The predicted molar refractivity (Wildman–Crippen MR) is 100 cm³/mol. The third-order valence-corrected chi connectivity index (χ3v) is 5.46. The zero-order chi connectivity index (χ0) is 18.1. The standard InChI is InChI=1S/C18H19N5O2S/c1-12(17(24)22-10-4-7-13-6-2-3-8-14(13)22)26-18-21-20-16(23(18)19)15-9-5-11-25-15/h2-3,5-6,8-9,11-12H,4,7,10,19H2,1H3/t12-/m0/s1. The highest BCUT2D eigenvalue weighted by molar-refractivity contribution is 8.00. The van der Waals surface area contributed by atoms with Crippen LogP contribution in [0.1, 0.15) is 18.9 Å². The van der Waals surface area contributed by atoms with Crippen molar-refractivity contribution >= 4 is 23.4 Å². The fourth-order valence-corrected chi connectivity index (χ4v) is 3.95. The summed E-state index contributed by atoms with van der Waals surface area (Å²) in [6.07, 6.45) is 3.53. The molecule has 2 aromatic heterocycles. The van der Waals surface area contributed by atoms with Gasteiger partial charge in [-0.05, 0) is 43.5 Å². The minimum absolute atomic E-state index is 0.0460. The van der Waals surface area contributed by atoms with Gasteiger partial charge in [-0.25, -0.2) is 4.68 Å². The Morgan fingerprint density at radius 2 is 2.12 bits per heavy atom. The first-order chi connectivity index (χ1) is 12.6. The first-order valence-electron chi connectivity index (χ1n) is 8.45. The summed E-state index contributed by atoms with van der Waals surface area (Å²) < 4.78 is 6.67. The van der Waals surface area contributed by atoms with Crippen LogP contribution in [0.15, 0.2) is 52.2 Å². The molecule has 2 N–H and O–H groups in total. The second-order valence-electron chi connectivity index (χ2n) is 6.14. The third-order valence-electron chi connectivity index (χ3n) is 4.41. The number of hydrogen-bond acceptors (Lipinski definition) is 6. The smallest absolute Gasteiger partial charge is 0.240 e. The van der Waals surface area contributed by atoms with Gasteiger partial charge in [0, 0.05) is 12.2 Å². The van der Waals surface area contributed by atoms with Crippen LogP contribution < -0.4 is 10.7 Å². The number of hydrogen-bond donors (Lipinski definition) is 1. The molecule has 0 saturated heterocycles. The molecule has 0 aliphatic carbocycles. The number of rotatable bonds is 4. The van der Waals surface area contributed by atoms with Gasteiger partial charge in [-0.1, -0.05) is 30.0 Å². The highest BCUT2D eigenvalue weighted by atomic mass is 32.2. The van der Waals surface area contributed by atoms with E-state index in [9.17, 15) is 4.79 Å². The van der Waals surface area contributed by atoms with Crippen molar-refractivity contribution < 1.29 is 9.21 Å². The van der Waals surface area contributed by atoms with E-state index in [1.807, 2.05) is 30.0 Å². The summed E-state index contributed by atoms with van der Waals surface area (Å²) in [5.41, 5.74) is 2.22. The number of carbonyl (C=O) groups is 1. The van der Waals surface area contributed by atoms with E-state index in [4.69, 9.17) is 10.3 Å². The number of nitrogen functional groups attached to an aromatic ring is 1. The van der Waals surface area contributed by atoms with Crippen molar-refractivity contribution in [2.75, 3.05) is 17.3 Å². The van der Waals surface area contributed by atoms with Crippen LogP contribution in [0.3, 0.4) is 0 Å². The highest BCUT2D eigenvalue weighted by Gasteiger charge is 2.28. The van der Waals surface area contributed by atoms with E-state index in [2.05, 4.69) is 16.3 Å². The van der Waals surface area contributed by atoms with Crippen LogP contribution in [-0.2, 0) is 11.2 Å². The predicted octanol–water partition coefficient (Wildman–Crippen LogP) is 2.71. The van der Waals surface area contributed by atoms with E-state index in [0.717, 1.165) is 25.1 Å². The Morgan fingerprint density at radius 1 is 1.27 bits per heavy atom. The molecule has 26 heavy (non-hydrogen) atoms. The lowest BCUT2D eigenvalue weighted by atomic mass is 10.0. The number of para-hydroxylation sites is 1. The lowest BCUT2D eigenvalue weighted by molar-refractivity contribution is -0.117. The number of anilines is 1. The van der Waals surface area contributed by atoms with Crippen LogP contribution in [0.5, 0.6) is 0 Å². The van der Waals surface area contributed by atoms with E-state index in [1.54, 1.807) is 18.4 Å². The molecule has 1 aliphatic heterocycles. The fraction of sp³-hybridized carbons (Fsp3) is 0.278. The maximum atomic E-state index is 13.0. The van der Waals surface area contributed by atoms with Crippen molar-refractivity contribution in [3.8, 4) is 11.6 Å². The number of aromatic nitrogens is 3. The molecule has 0 unspecified atom stereocenters. The minimum atomic E-state index is -0.336. The average Bonchev–Trinajstić information content (AvgIpc) is 3.31. The number of aryl methyl sites for hydroxylation is 1. The Balaban J connectivity index is 1.53. The van der Waals surface area contributed by atoms with Crippen molar-refractivity contribution in [2.24, 2.45) is 0 Å². The molecule has 3 aromatic rings. The number of furan rings is 1. The maximum absolute atomic E-state index is 13.0. The summed E-state index contributed by atoms with van der Waals surface area (Å²) in [7, 11) is 0. The molecule has 134 valence electrons. The van der Waals surface area contributed by atoms with E-state index in [-0.39, 0.29) is 11.2 Å². The number of fused-ring (bicyclic) bond motifs is 1. The number of thioether (sulfide) groups is 1. The van der Waals surface area contributed by atoms with Gasteiger partial charge in [-0.15, -0.1) is 10.2 Å². The molecule has 1 aliphatic rings. The SMILES string of the molecule is C[C@H](Sc1nnc(-c2ccco2)n1N)C(=O)N1CCCc2ccccc21. The van der Waals surface area contributed by atoms with Crippen LogP contribution >= 0.6 is 11.8 Å². The monoisotopic (exact) mass is 369 g/mol. The zero-order valence-corrected chi connectivity index (χ0v) is 15.1. The molecule has 0 fully saturated rings. The Hall–Kier alpha value is -2.74. The molecule has 1 atom stereocenters. The Bertz CT molecular complexity index is 922. The second kappa shape index (κ2) is 6.87. The summed E-state index contributed by atoms with van der Waals surface area (Å²) >= 11 is 1.30. The van der Waals surface area contributed by atoms with Crippen molar-refractivity contribution in [3.63, 3.8) is 0 Å². The summed E-state index contributed by atoms with van der Waals surface area (Å²) in [4.78, 5) is 14.9. The number of nitrogens with two attached hydrogens (primary N) is 1. The highest BCUT2D eigenvalue weighted by Crippen LogP contribution is 2.31. The van der Waals surface area contributed by atoms with Gasteiger partial charge in [-0.2, -0.15) is 0 Å². The molecule has 1 aromatic carbocycles. The van der Waals surface area contributed by atoms with Crippen LogP contribution in [0.4, 0.5) is 5.69 Å². The molecular formula is C18H19N5O2S. The van der Waals surface area contributed by atoms with Gasteiger partial charge in [-0.3, -0.25) is 4.79 Å². The lowest BCUT2D eigenvalue weighted by Crippen LogP contribution is -2.40. The van der Waals surface area contributed by atoms with Gasteiger partial charge in [0.05, 0.1) is 11.5 Å². The quantitative estimate of drug-likeness (QED) is 0.562. The maximum Gasteiger partial charge on any atom is 0.240 e. The topological polar surface area (TPSA) is 90.2 Å². The minimum Gasteiger partial charge on any atom is -0.461 e. The summed E-state index contributed by atoms with van der Waals surface area (Å²) in [6, 6.07) is 11.6. The van der Waals surface area contributed by atoms with Crippen LogP contribution in [0.25, 0.3) is 11.6 Å². The molecule has 8 heteroatoms. The van der Waals surface area contributed by atoms with Crippen LogP contribution in [-0.4, -0.2) is 32.6 Å². The van der Waals surface area contributed by atoms with Gasteiger partial charge < -0.3 is 15.2 Å².